The molecule has 3 nitrogen and oxygen atoms in total. The summed E-state index contributed by atoms with van der Waals surface area (Å²) in [5.74, 6) is 2.78. The van der Waals surface area contributed by atoms with Crippen molar-refractivity contribution in [2.45, 2.75) is 64.7 Å². The van der Waals surface area contributed by atoms with Gasteiger partial charge in [0.05, 0.1) is 19.6 Å². The van der Waals surface area contributed by atoms with E-state index in [9.17, 15) is 4.79 Å². The van der Waals surface area contributed by atoms with Crippen LogP contribution in [0.15, 0.2) is 48.5 Å². The molecule has 0 radical (unpaired) electrons. The summed E-state index contributed by atoms with van der Waals surface area (Å²) in [5, 5.41) is 0. The minimum absolute atomic E-state index is 0.149. The molecule has 2 aromatic rings. The largest absolute Gasteiger partial charge is 0.494 e. The Morgan fingerprint density at radius 2 is 1.86 bits per heavy atom. The fraction of sp³-hybridized carbons (Fsp3) is 0.500. The molecule has 2 aromatic carbocycles. The van der Waals surface area contributed by atoms with Crippen molar-refractivity contribution in [3.8, 4) is 5.75 Å². The van der Waals surface area contributed by atoms with Crippen LogP contribution in [-0.2, 0) is 16.0 Å². The summed E-state index contributed by atoms with van der Waals surface area (Å²) >= 11 is 0. The molecule has 1 aliphatic carbocycles. The second kappa shape index (κ2) is 10.5. The molecular formula is C26H34O3. The number of esters is 1. The number of carbonyl (C=O) groups excluding carboxylic acids is 1. The average molecular weight is 395 g/mol. The average Bonchev–Trinajstić information content (AvgIpc) is 3.17. The summed E-state index contributed by atoms with van der Waals surface area (Å²) < 4.78 is 10.7. The maximum absolute atomic E-state index is 11.6. The van der Waals surface area contributed by atoms with Gasteiger partial charge < -0.3 is 9.47 Å². The smallest absolute Gasteiger partial charge is 0.310 e. The quantitative estimate of drug-likeness (QED) is 0.470. The first kappa shape index (κ1) is 21.4. The highest BCUT2D eigenvalue weighted by atomic mass is 16.5. The molecule has 0 saturated heterocycles. The van der Waals surface area contributed by atoms with Gasteiger partial charge in [-0.15, -0.1) is 0 Å². The van der Waals surface area contributed by atoms with Gasteiger partial charge in [-0.3, -0.25) is 4.79 Å². The predicted octanol–water partition coefficient (Wildman–Crippen LogP) is 6.27. The third-order valence-electron chi connectivity index (χ3n) is 6.07. The zero-order valence-electron chi connectivity index (χ0n) is 18.0. The Bertz CT molecular complexity index is 781. The van der Waals surface area contributed by atoms with E-state index < -0.39 is 0 Å². The number of rotatable bonds is 9. The molecule has 0 amide bonds. The van der Waals surface area contributed by atoms with E-state index in [2.05, 4.69) is 49.4 Å². The Balaban J connectivity index is 1.53. The molecule has 156 valence electrons. The fourth-order valence-electron chi connectivity index (χ4n) is 4.59. The van der Waals surface area contributed by atoms with Gasteiger partial charge in [0.2, 0.25) is 0 Å². The molecule has 0 bridgehead atoms. The Kier molecular flexibility index (Phi) is 7.74. The van der Waals surface area contributed by atoms with Crippen molar-refractivity contribution in [3.63, 3.8) is 0 Å². The molecule has 0 N–H and O–H groups in total. The van der Waals surface area contributed by atoms with Gasteiger partial charge in [-0.2, -0.15) is 0 Å². The standard InChI is InChI=1S/C26H34O3/c1-4-28-25-8-6-7-23(18-25)19(3)15-21-11-14-24(16-21)22-12-9-20(10-13-22)17-26(27)29-5-2/h6-10,12-13,18-19,21,24H,4-5,11,14-17H2,1-3H3/t19-,21+,24+/m0/s1. The highest BCUT2D eigenvalue weighted by Crippen LogP contribution is 2.42. The lowest BCUT2D eigenvalue weighted by Crippen LogP contribution is -2.07. The molecule has 0 unspecified atom stereocenters. The summed E-state index contributed by atoms with van der Waals surface area (Å²) in [6.45, 7) is 7.35. The van der Waals surface area contributed by atoms with Crippen molar-refractivity contribution in [3.05, 3.63) is 65.2 Å². The zero-order chi connectivity index (χ0) is 20.6. The van der Waals surface area contributed by atoms with Crippen LogP contribution in [0.25, 0.3) is 0 Å². The zero-order valence-corrected chi connectivity index (χ0v) is 18.0. The highest BCUT2D eigenvalue weighted by molar-refractivity contribution is 5.72. The van der Waals surface area contributed by atoms with Gasteiger partial charge >= 0.3 is 5.97 Å². The van der Waals surface area contributed by atoms with Crippen LogP contribution in [0.1, 0.15) is 75.0 Å². The molecule has 3 atom stereocenters. The van der Waals surface area contributed by atoms with Gasteiger partial charge in [0.15, 0.2) is 0 Å². The number of carbonyl (C=O) groups is 1. The maximum Gasteiger partial charge on any atom is 0.310 e. The van der Waals surface area contributed by atoms with Crippen molar-refractivity contribution >= 4 is 5.97 Å². The summed E-state index contributed by atoms with van der Waals surface area (Å²) in [5.41, 5.74) is 3.82. The Labute approximate surface area is 175 Å². The van der Waals surface area contributed by atoms with E-state index >= 15 is 0 Å². The third kappa shape index (κ3) is 6.09. The summed E-state index contributed by atoms with van der Waals surface area (Å²) in [7, 11) is 0. The Hall–Kier alpha value is -2.29. The summed E-state index contributed by atoms with van der Waals surface area (Å²) in [6, 6.07) is 17.1. The molecule has 29 heavy (non-hydrogen) atoms. The van der Waals surface area contributed by atoms with Crippen LogP contribution in [-0.4, -0.2) is 19.2 Å². The fourth-order valence-corrected chi connectivity index (χ4v) is 4.59. The van der Waals surface area contributed by atoms with E-state index in [-0.39, 0.29) is 5.97 Å². The van der Waals surface area contributed by atoms with Crippen LogP contribution in [0.4, 0.5) is 0 Å². The van der Waals surface area contributed by atoms with Gasteiger partial charge in [0.1, 0.15) is 5.75 Å². The maximum atomic E-state index is 11.6. The first-order valence-electron chi connectivity index (χ1n) is 11.1. The van der Waals surface area contributed by atoms with E-state index in [4.69, 9.17) is 9.47 Å². The van der Waals surface area contributed by atoms with Gasteiger partial charge in [-0.05, 0) is 86.1 Å². The lowest BCUT2D eigenvalue weighted by molar-refractivity contribution is -0.142. The van der Waals surface area contributed by atoms with E-state index in [1.807, 2.05) is 19.9 Å². The van der Waals surface area contributed by atoms with Crippen molar-refractivity contribution < 1.29 is 14.3 Å². The number of hydrogen-bond acceptors (Lipinski definition) is 3. The first-order chi connectivity index (χ1) is 14.1. The van der Waals surface area contributed by atoms with Crippen LogP contribution < -0.4 is 4.74 Å². The lowest BCUT2D eigenvalue weighted by atomic mass is 9.88. The van der Waals surface area contributed by atoms with Crippen molar-refractivity contribution in [1.29, 1.82) is 0 Å². The molecule has 1 saturated carbocycles. The minimum Gasteiger partial charge on any atom is -0.494 e. The normalized spacial score (nSPS) is 19.7. The second-order valence-electron chi connectivity index (χ2n) is 8.24. The first-order valence-corrected chi connectivity index (χ1v) is 11.1. The topological polar surface area (TPSA) is 35.5 Å². The van der Waals surface area contributed by atoms with Crippen molar-refractivity contribution in [2.75, 3.05) is 13.2 Å². The van der Waals surface area contributed by atoms with E-state index in [0.717, 1.165) is 17.2 Å². The van der Waals surface area contributed by atoms with Crippen LogP contribution in [0.5, 0.6) is 5.75 Å². The second-order valence-corrected chi connectivity index (χ2v) is 8.24. The van der Waals surface area contributed by atoms with Crippen LogP contribution in [0.2, 0.25) is 0 Å². The molecule has 0 spiro atoms. The molecule has 0 heterocycles. The van der Waals surface area contributed by atoms with E-state index in [1.54, 1.807) is 0 Å². The van der Waals surface area contributed by atoms with Gasteiger partial charge in [-0.25, -0.2) is 0 Å². The van der Waals surface area contributed by atoms with Crippen molar-refractivity contribution in [1.82, 2.24) is 0 Å². The number of hydrogen-bond donors (Lipinski definition) is 0. The van der Waals surface area contributed by atoms with E-state index in [1.165, 1.54) is 36.8 Å². The Morgan fingerprint density at radius 1 is 1.07 bits per heavy atom. The molecule has 1 fully saturated rings. The molecule has 1 aliphatic rings. The monoisotopic (exact) mass is 394 g/mol. The summed E-state index contributed by atoms with van der Waals surface area (Å²) in [4.78, 5) is 11.6. The highest BCUT2D eigenvalue weighted by Gasteiger charge is 2.27. The summed E-state index contributed by atoms with van der Waals surface area (Å²) in [6.07, 6.45) is 5.40. The Morgan fingerprint density at radius 3 is 2.59 bits per heavy atom. The minimum atomic E-state index is -0.149. The van der Waals surface area contributed by atoms with Gasteiger partial charge in [0.25, 0.3) is 0 Å². The molecular weight excluding hydrogens is 360 g/mol. The van der Waals surface area contributed by atoms with Crippen molar-refractivity contribution in [2.24, 2.45) is 5.92 Å². The molecule has 0 aliphatic heterocycles. The number of ether oxygens (including phenoxy) is 2. The SMILES string of the molecule is CCOC(=O)Cc1ccc([C@@H]2CC[C@H](C[C@H](C)c3cccc(OCC)c3)C2)cc1. The van der Waals surface area contributed by atoms with Crippen LogP contribution in [0.3, 0.4) is 0 Å². The number of benzene rings is 2. The molecule has 3 rings (SSSR count). The molecule has 0 aromatic heterocycles. The van der Waals surface area contributed by atoms with Crippen LogP contribution >= 0.6 is 0 Å². The van der Waals surface area contributed by atoms with E-state index in [0.29, 0.717) is 31.5 Å². The van der Waals surface area contributed by atoms with Crippen LogP contribution in [0, 0.1) is 5.92 Å². The third-order valence-corrected chi connectivity index (χ3v) is 6.07. The van der Waals surface area contributed by atoms with Gasteiger partial charge in [-0.1, -0.05) is 43.3 Å². The lowest BCUT2D eigenvalue weighted by Gasteiger charge is -2.18. The predicted molar refractivity (Wildman–Crippen MR) is 118 cm³/mol. The molecule has 3 heteroatoms. The van der Waals surface area contributed by atoms with Gasteiger partial charge in [0, 0.05) is 0 Å².